The first-order chi connectivity index (χ1) is 14.7. The number of benzene rings is 1. The predicted molar refractivity (Wildman–Crippen MR) is 111 cm³/mol. The Morgan fingerprint density at radius 2 is 1.83 bits per heavy atom. The molecule has 2 aliphatic heterocycles. The van der Waals surface area contributed by atoms with E-state index >= 15 is 0 Å². The van der Waals surface area contributed by atoms with Gasteiger partial charge in [0, 0.05) is 36.9 Å². The molecule has 0 bridgehead atoms. The van der Waals surface area contributed by atoms with Crippen LogP contribution in [0.4, 0.5) is 5.82 Å². The largest absolute Gasteiger partial charge is 0.488 e. The van der Waals surface area contributed by atoms with Gasteiger partial charge < -0.3 is 24.2 Å². The Morgan fingerprint density at radius 3 is 2.77 bits per heavy atom. The molecule has 1 N–H and O–H groups in total. The topological polar surface area (TPSA) is 76.9 Å². The Balaban J connectivity index is 1.20. The highest BCUT2D eigenvalue weighted by Crippen LogP contribution is 2.41. The summed E-state index contributed by atoms with van der Waals surface area (Å²) in [5, 5.41) is 11.9. The lowest BCUT2D eigenvalue weighted by atomic mass is 9.78. The van der Waals surface area contributed by atoms with Gasteiger partial charge in [-0.25, -0.2) is 4.98 Å². The number of ether oxygens (including phenoxy) is 3. The van der Waals surface area contributed by atoms with Crippen molar-refractivity contribution in [2.45, 2.75) is 25.0 Å². The lowest BCUT2D eigenvalue weighted by molar-refractivity contribution is -0.0232. The zero-order valence-corrected chi connectivity index (χ0v) is 16.5. The SMILES string of the molecule is O[C@@H]1C[C@H]2CN(c3nccc4ncccc34)C[C@H]2C[C@H]1Oc1ccc2c(c1)OCO2. The molecule has 30 heavy (non-hydrogen) atoms. The van der Waals surface area contributed by atoms with E-state index in [9.17, 15) is 5.11 Å². The number of pyridine rings is 2. The number of hydrogen-bond acceptors (Lipinski definition) is 7. The molecule has 7 nitrogen and oxygen atoms in total. The number of aliphatic hydroxyl groups excluding tert-OH is 1. The molecule has 4 atom stereocenters. The van der Waals surface area contributed by atoms with Crippen LogP contribution in [0, 0.1) is 11.8 Å². The second-order valence-corrected chi connectivity index (χ2v) is 8.34. The summed E-state index contributed by atoms with van der Waals surface area (Å²) in [6.07, 6.45) is 4.48. The van der Waals surface area contributed by atoms with E-state index in [-0.39, 0.29) is 12.9 Å². The van der Waals surface area contributed by atoms with Gasteiger partial charge in [0.2, 0.25) is 6.79 Å². The van der Waals surface area contributed by atoms with Gasteiger partial charge in [0.1, 0.15) is 17.7 Å². The molecule has 3 aromatic rings. The predicted octanol–water partition coefficient (Wildman–Crippen LogP) is 3.01. The first-order valence-electron chi connectivity index (χ1n) is 10.4. The quantitative estimate of drug-likeness (QED) is 0.718. The minimum Gasteiger partial charge on any atom is -0.488 e. The van der Waals surface area contributed by atoms with E-state index in [2.05, 4.69) is 20.9 Å². The number of nitrogens with zero attached hydrogens (tertiary/aromatic N) is 3. The van der Waals surface area contributed by atoms with Crippen molar-refractivity contribution in [3.8, 4) is 17.2 Å². The van der Waals surface area contributed by atoms with Crippen molar-refractivity contribution in [2.75, 3.05) is 24.8 Å². The molecule has 0 radical (unpaired) electrons. The van der Waals surface area contributed by atoms with Crippen molar-refractivity contribution in [3.05, 3.63) is 48.8 Å². The van der Waals surface area contributed by atoms with Gasteiger partial charge in [0.15, 0.2) is 11.5 Å². The molecule has 0 spiro atoms. The Labute approximate surface area is 174 Å². The molecule has 1 aromatic carbocycles. The standard InChI is InChI=1S/C23H23N3O4/c27-19-8-14-11-26(23-17-2-1-6-24-18(17)5-7-25-23)12-15(14)9-21(19)30-16-3-4-20-22(10-16)29-13-28-20/h1-7,10,14-15,19,21,27H,8-9,11-13H2/t14-,15+,19+,21+/m0/s1. The van der Waals surface area contributed by atoms with Crippen LogP contribution in [0.5, 0.6) is 17.2 Å². The molecule has 4 heterocycles. The van der Waals surface area contributed by atoms with Gasteiger partial charge in [-0.2, -0.15) is 0 Å². The Hall–Kier alpha value is -3.06. The van der Waals surface area contributed by atoms with Crippen molar-refractivity contribution in [1.82, 2.24) is 9.97 Å². The zero-order valence-electron chi connectivity index (χ0n) is 16.5. The average Bonchev–Trinajstić information content (AvgIpc) is 3.40. The van der Waals surface area contributed by atoms with Crippen LogP contribution in [0.3, 0.4) is 0 Å². The third-order valence-electron chi connectivity index (χ3n) is 6.52. The molecule has 7 heteroatoms. The van der Waals surface area contributed by atoms with Crippen molar-refractivity contribution in [3.63, 3.8) is 0 Å². The zero-order chi connectivity index (χ0) is 20.1. The summed E-state index contributed by atoms with van der Waals surface area (Å²) in [5.74, 6) is 4.01. The molecule has 0 amide bonds. The van der Waals surface area contributed by atoms with Crippen LogP contribution in [-0.4, -0.2) is 47.2 Å². The number of fused-ring (bicyclic) bond motifs is 3. The molecular weight excluding hydrogens is 382 g/mol. The van der Waals surface area contributed by atoms with Gasteiger partial charge in [0.05, 0.1) is 11.6 Å². The maximum atomic E-state index is 10.8. The average molecular weight is 405 g/mol. The van der Waals surface area contributed by atoms with Gasteiger partial charge >= 0.3 is 0 Å². The summed E-state index contributed by atoms with van der Waals surface area (Å²) in [6, 6.07) is 11.5. The highest BCUT2D eigenvalue weighted by molar-refractivity contribution is 5.89. The van der Waals surface area contributed by atoms with E-state index in [0.717, 1.165) is 48.4 Å². The fourth-order valence-corrected chi connectivity index (χ4v) is 5.05. The van der Waals surface area contributed by atoms with Crippen molar-refractivity contribution >= 4 is 16.7 Å². The van der Waals surface area contributed by atoms with E-state index in [1.165, 1.54) is 0 Å². The summed E-state index contributed by atoms with van der Waals surface area (Å²) in [4.78, 5) is 11.4. The summed E-state index contributed by atoms with van der Waals surface area (Å²) >= 11 is 0. The summed E-state index contributed by atoms with van der Waals surface area (Å²) < 4.78 is 17.0. The molecule has 1 saturated carbocycles. The number of aromatic nitrogens is 2. The third kappa shape index (κ3) is 3.01. The van der Waals surface area contributed by atoms with Gasteiger partial charge in [-0.3, -0.25) is 4.98 Å². The summed E-state index contributed by atoms with van der Waals surface area (Å²) in [7, 11) is 0. The van der Waals surface area contributed by atoms with Gasteiger partial charge in [-0.1, -0.05) is 0 Å². The second-order valence-electron chi connectivity index (χ2n) is 8.34. The lowest BCUT2D eigenvalue weighted by Crippen LogP contribution is -2.42. The van der Waals surface area contributed by atoms with E-state index in [4.69, 9.17) is 14.2 Å². The van der Waals surface area contributed by atoms with E-state index in [0.29, 0.717) is 23.3 Å². The lowest BCUT2D eigenvalue weighted by Gasteiger charge is -2.35. The van der Waals surface area contributed by atoms with Crippen LogP contribution >= 0.6 is 0 Å². The Kier molecular flexibility index (Phi) is 4.16. The van der Waals surface area contributed by atoms with Gasteiger partial charge in [-0.05, 0) is 55.0 Å². The molecular formula is C23H23N3O4. The Bertz CT molecular complexity index is 1090. The number of rotatable bonds is 3. The molecule has 0 unspecified atom stereocenters. The number of hydrogen-bond donors (Lipinski definition) is 1. The smallest absolute Gasteiger partial charge is 0.231 e. The van der Waals surface area contributed by atoms with Crippen LogP contribution in [0.25, 0.3) is 10.9 Å². The van der Waals surface area contributed by atoms with Crippen LogP contribution in [-0.2, 0) is 0 Å². The minimum atomic E-state index is -0.487. The van der Waals surface area contributed by atoms with Crippen molar-refractivity contribution in [2.24, 2.45) is 11.8 Å². The molecule has 154 valence electrons. The fourth-order valence-electron chi connectivity index (χ4n) is 5.05. The van der Waals surface area contributed by atoms with Crippen LogP contribution in [0.2, 0.25) is 0 Å². The van der Waals surface area contributed by atoms with E-state index in [1.54, 1.807) is 0 Å². The maximum absolute atomic E-state index is 10.8. The normalized spacial score (nSPS) is 27.3. The number of anilines is 1. The molecule has 6 rings (SSSR count). The number of aliphatic hydroxyl groups is 1. The fraction of sp³-hybridized carbons (Fsp3) is 0.391. The highest BCUT2D eigenvalue weighted by Gasteiger charge is 2.43. The van der Waals surface area contributed by atoms with Crippen molar-refractivity contribution < 1.29 is 19.3 Å². The Morgan fingerprint density at radius 1 is 0.967 bits per heavy atom. The third-order valence-corrected chi connectivity index (χ3v) is 6.52. The molecule has 2 fully saturated rings. The minimum absolute atomic E-state index is 0.228. The molecule has 1 aliphatic carbocycles. The van der Waals surface area contributed by atoms with Crippen LogP contribution < -0.4 is 19.1 Å². The monoisotopic (exact) mass is 405 g/mol. The summed E-state index contributed by atoms with van der Waals surface area (Å²) in [6.45, 7) is 2.06. The second kappa shape index (κ2) is 7.02. The van der Waals surface area contributed by atoms with Crippen molar-refractivity contribution in [1.29, 1.82) is 0 Å². The van der Waals surface area contributed by atoms with Gasteiger partial charge in [-0.15, -0.1) is 0 Å². The summed E-state index contributed by atoms with van der Waals surface area (Å²) in [5.41, 5.74) is 0.960. The van der Waals surface area contributed by atoms with E-state index < -0.39 is 6.10 Å². The van der Waals surface area contributed by atoms with Gasteiger partial charge in [0.25, 0.3) is 0 Å². The first-order valence-corrected chi connectivity index (χ1v) is 10.4. The highest BCUT2D eigenvalue weighted by atomic mass is 16.7. The maximum Gasteiger partial charge on any atom is 0.231 e. The van der Waals surface area contributed by atoms with E-state index in [1.807, 2.05) is 42.7 Å². The van der Waals surface area contributed by atoms with Crippen LogP contribution in [0.15, 0.2) is 48.8 Å². The first kappa shape index (κ1) is 17.8. The molecule has 2 aromatic heterocycles. The molecule has 3 aliphatic rings. The van der Waals surface area contributed by atoms with Crippen LogP contribution in [0.1, 0.15) is 12.8 Å². The molecule has 1 saturated heterocycles.